The van der Waals surface area contributed by atoms with Crippen molar-refractivity contribution in [1.82, 2.24) is 14.2 Å². The van der Waals surface area contributed by atoms with Gasteiger partial charge in [0.2, 0.25) is 15.9 Å². The molecular weight excluding hydrogens is 442 g/mol. The first kappa shape index (κ1) is 22.7. The van der Waals surface area contributed by atoms with Crippen LogP contribution >= 0.6 is 0 Å². The fourth-order valence-electron chi connectivity index (χ4n) is 3.98. The fourth-order valence-corrected chi connectivity index (χ4v) is 5.36. The number of carbonyl (C=O) groups excluding carboxylic acids is 1. The standard InChI is InChI=1S/C23H25N5O4S/c1-27(33(30,31)19-6-4-16-3-5-18(32-2)12-17(16)13-19)21-8-10-28(23(21)29)14-15-7-9-26-20(11-15)22(24)25/h3-7,9,11-13,21H,8,10,14H2,1-2H3,(H3,24,25). The molecule has 1 aromatic heterocycles. The highest BCUT2D eigenvalue weighted by Crippen LogP contribution is 2.28. The molecular formula is C23H25N5O4S. The smallest absolute Gasteiger partial charge is 0.243 e. The van der Waals surface area contributed by atoms with Crippen molar-refractivity contribution in [3.05, 3.63) is 66.0 Å². The Morgan fingerprint density at radius 2 is 1.97 bits per heavy atom. The summed E-state index contributed by atoms with van der Waals surface area (Å²) in [5.74, 6) is 0.224. The number of hydrogen-bond donors (Lipinski definition) is 2. The normalized spacial score (nSPS) is 16.5. The van der Waals surface area contributed by atoms with E-state index in [0.29, 0.717) is 31.0 Å². The number of sulfonamides is 1. The van der Waals surface area contributed by atoms with E-state index in [9.17, 15) is 13.2 Å². The number of fused-ring (bicyclic) bond motifs is 1. The molecule has 4 rings (SSSR count). The predicted octanol–water partition coefficient (Wildman–Crippen LogP) is 1.95. The average molecular weight is 468 g/mol. The summed E-state index contributed by atoms with van der Waals surface area (Å²) >= 11 is 0. The zero-order valence-corrected chi connectivity index (χ0v) is 19.2. The lowest BCUT2D eigenvalue weighted by Crippen LogP contribution is -2.42. The number of amides is 1. The Bertz CT molecular complexity index is 1340. The lowest BCUT2D eigenvalue weighted by molar-refractivity contribution is -0.131. The number of likely N-dealkylation sites (N-methyl/N-ethyl adjacent to an activating group) is 1. The van der Waals surface area contributed by atoms with Gasteiger partial charge in [-0.2, -0.15) is 4.31 Å². The van der Waals surface area contributed by atoms with Crippen LogP contribution in [0, 0.1) is 5.41 Å². The Hall–Kier alpha value is -3.50. The summed E-state index contributed by atoms with van der Waals surface area (Å²) in [7, 11) is -0.893. The van der Waals surface area contributed by atoms with Crippen LogP contribution in [0.5, 0.6) is 5.75 Å². The van der Waals surface area contributed by atoms with Crippen LogP contribution in [0.3, 0.4) is 0 Å². The number of nitrogens with two attached hydrogens (primary N) is 1. The van der Waals surface area contributed by atoms with Gasteiger partial charge in [-0.15, -0.1) is 0 Å². The van der Waals surface area contributed by atoms with Gasteiger partial charge in [-0.25, -0.2) is 8.42 Å². The molecule has 2 heterocycles. The first-order valence-electron chi connectivity index (χ1n) is 10.3. The van der Waals surface area contributed by atoms with E-state index in [1.165, 1.54) is 13.2 Å². The van der Waals surface area contributed by atoms with Crippen molar-refractivity contribution in [2.24, 2.45) is 5.73 Å². The number of nitrogen functional groups attached to an aromatic ring is 1. The molecule has 0 saturated carbocycles. The molecule has 0 bridgehead atoms. The van der Waals surface area contributed by atoms with Crippen LogP contribution < -0.4 is 10.5 Å². The number of likely N-dealkylation sites (tertiary alicyclic amines) is 1. The molecule has 1 atom stereocenters. The fraction of sp³-hybridized carbons (Fsp3) is 0.261. The zero-order valence-electron chi connectivity index (χ0n) is 18.4. The summed E-state index contributed by atoms with van der Waals surface area (Å²) < 4.78 is 33.0. The van der Waals surface area contributed by atoms with Crippen molar-refractivity contribution in [3.63, 3.8) is 0 Å². The molecule has 1 aliphatic rings. The van der Waals surface area contributed by atoms with Crippen molar-refractivity contribution in [3.8, 4) is 5.75 Å². The lowest BCUT2D eigenvalue weighted by atomic mass is 10.1. The molecule has 1 amide bonds. The minimum Gasteiger partial charge on any atom is -0.497 e. The van der Waals surface area contributed by atoms with Gasteiger partial charge in [-0.3, -0.25) is 15.2 Å². The predicted molar refractivity (Wildman–Crippen MR) is 125 cm³/mol. The summed E-state index contributed by atoms with van der Waals surface area (Å²) in [4.78, 5) is 18.8. The van der Waals surface area contributed by atoms with Gasteiger partial charge in [0.1, 0.15) is 23.3 Å². The molecule has 1 saturated heterocycles. The van der Waals surface area contributed by atoms with E-state index < -0.39 is 16.1 Å². The van der Waals surface area contributed by atoms with Gasteiger partial charge >= 0.3 is 0 Å². The van der Waals surface area contributed by atoms with Crippen LogP contribution in [0.15, 0.2) is 59.6 Å². The number of benzene rings is 2. The molecule has 3 aromatic rings. The van der Waals surface area contributed by atoms with E-state index >= 15 is 0 Å². The third-order valence-corrected chi connectivity index (χ3v) is 7.74. The molecule has 172 valence electrons. The van der Waals surface area contributed by atoms with Gasteiger partial charge < -0.3 is 15.4 Å². The summed E-state index contributed by atoms with van der Waals surface area (Å²) in [5.41, 5.74) is 6.61. The van der Waals surface area contributed by atoms with E-state index in [0.717, 1.165) is 20.6 Å². The number of nitrogens with zero attached hydrogens (tertiary/aromatic N) is 3. The Morgan fingerprint density at radius 1 is 1.21 bits per heavy atom. The van der Waals surface area contributed by atoms with Crippen molar-refractivity contribution in [1.29, 1.82) is 5.41 Å². The number of carbonyl (C=O) groups is 1. The highest BCUT2D eigenvalue weighted by atomic mass is 32.2. The van der Waals surface area contributed by atoms with E-state index in [1.807, 2.05) is 12.1 Å². The number of amidine groups is 1. The Labute approximate surface area is 192 Å². The maximum atomic E-state index is 13.3. The molecule has 1 fully saturated rings. The minimum absolute atomic E-state index is 0.122. The molecule has 1 unspecified atom stereocenters. The van der Waals surface area contributed by atoms with Gasteiger partial charge in [0.15, 0.2) is 0 Å². The van der Waals surface area contributed by atoms with Crippen LogP contribution in [0.4, 0.5) is 0 Å². The molecule has 33 heavy (non-hydrogen) atoms. The number of rotatable bonds is 7. The third-order valence-electron chi connectivity index (χ3n) is 5.88. The summed E-state index contributed by atoms with van der Waals surface area (Å²) in [6.07, 6.45) is 1.93. The number of ether oxygens (including phenoxy) is 1. The molecule has 1 aliphatic heterocycles. The average Bonchev–Trinajstić information content (AvgIpc) is 3.17. The van der Waals surface area contributed by atoms with Crippen molar-refractivity contribution < 1.29 is 17.9 Å². The van der Waals surface area contributed by atoms with Gasteiger partial charge in [-0.05, 0) is 59.2 Å². The molecule has 3 N–H and O–H groups in total. The Balaban J connectivity index is 1.54. The monoisotopic (exact) mass is 467 g/mol. The highest BCUT2D eigenvalue weighted by Gasteiger charge is 2.39. The molecule has 0 spiro atoms. The first-order valence-corrected chi connectivity index (χ1v) is 11.8. The SMILES string of the molecule is COc1ccc2ccc(S(=O)(=O)N(C)C3CCN(Cc4ccnc(C(=N)N)c4)C3=O)cc2c1. The summed E-state index contributed by atoms with van der Waals surface area (Å²) in [5, 5.41) is 9.15. The Morgan fingerprint density at radius 3 is 2.70 bits per heavy atom. The van der Waals surface area contributed by atoms with Crippen LogP contribution in [0.1, 0.15) is 17.7 Å². The summed E-state index contributed by atoms with van der Waals surface area (Å²) in [6, 6.07) is 13.0. The number of methoxy groups -OCH3 is 1. The van der Waals surface area contributed by atoms with Gasteiger partial charge in [0, 0.05) is 26.3 Å². The highest BCUT2D eigenvalue weighted by molar-refractivity contribution is 7.89. The molecule has 10 heteroatoms. The van der Waals surface area contributed by atoms with E-state index in [2.05, 4.69) is 4.98 Å². The Kier molecular flexibility index (Phi) is 6.05. The van der Waals surface area contributed by atoms with Gasteiger partial charge in [0.05, 0.1) is 12.0 Å². The maximum absolute atomic E-state index is 13.3. The van der Waals surface area contributed by atoms with Crippen molar-refractivity contribution in [2.45, 2.75) is 23.9 Å². The van der Waals surface area contributed by atoms with E-state index in [-0.39, 0.29) is 16.6 Å². The van der Waals surface area contributed by atoms with Crippen molar-refractivity contribution in [2.75, 3.05) is 20.7 Å². The van der Waals surface area contributed by atoms with Crippen LogP contribution in [0.2, 0.25) is 0 Å². The van der Waals surface area contributed by atoms with Gasteiger partial charge in [0.25, 0.3) is 0 Å². The number of hydrogen-bond acceptors (Lipinski definition) is 6. The third kappa shape index (κ3) is 4.39. The number of aromatic nitrogens is 1. The molecule has 9 nitrogen and oxygen atoms in total. The molecule has 0 radical (unpaired) electrons. The van der Waals surface area contributed by atoms with Crippen LogP contribution in [0.25, 0.3) is 10.8 Å². The second-order valence-corrected chi connectivity index (χ2v) is 9.92. The van der Waals surface area contributed by atoms with Gasteiger partial charge in [-0.1, -0.05) is 12.1 Å². The van der Waals surface area contributed by atoms with Crippen LogP contribution in [-0.2, 0) is 21.4 Å². The van der Waals surface area contributed by atoms with E-state index in [4.69, 9.17) is 15.9 Å². The zero-order chi connectivity index (χ0) is 23.8. The largest absolute Gasteiger partial charge is 0.497 e. The minimum atomic E-state index is -3.89. The maximum Gasteiger partial charge on any atom is 0.243 e. The second-order valence-electron chi connectivity index (χ2n) is 7.92. The van der Waals surface area contributed by atoms with E-state index in [1.54, 1.807) is 48.4 Å². The quantitative estimate of drug-likeness (QED) is 0.404. The second kappa shape index (κ2) is 8.80. The lowest BCUT2D eigenvalue weighted by Gasteiger charge is -2.24. The number of pyridine rings is 1. The molecule has 0 aliphatic carbocycles. The topological polar surface area (TPSA) is 130 Å². The van der Waals surface area contributed by atoms with Crippen LogP contribution in [-0.4, -0.2) is 61.1 Å². The summed E-state index contributed by atoms with van der Waals surface area (Å²) in [6.45, 7) is 0.720. The number of nitrogens with one attached hydrogen (secondary N) is 1. The molecule has 2 aromatic carbocycles. The first-order chi connectivity index (χ1) is 15.7. The van der Waals surface area contributed by atoms with Crippen molar-refractivity contribution >= 4 is 32.5 Å².